The lowest BCUT2D eigenvalue weighted by Gasteiger charge is -2.20. The highest BCUT2D eigenvalue weighted by atomic mass is 32.1. The van der Waals surface area contributed by atoms with Crippen LogP contribution in [0.15, 0.2) is 42.7 Å². The summed E-state index contributed by atoms with van der Waals surface area (Å²) in [5.41, 5.74) is 7.02. The first-order valence-corrected chi connectivity index (χ1v) is 7.10. The third kappa shape index (κ3) is 3.66. The molecule has 0 saturated heterocycles. The Morgan fingerprint density at radius 2 is 2.00 bits per heavy atom. The van der Waals surface area contributed by atoms with E-state index in [0.29, 0.717) is 5.56 Å². The molecule has 0 spiro atoms. The van der Waals surface area contributed by atoms with Crippen LogP contribution in [0.25, 0.3) is 5.69 Å². The molecule has 6 heteroatoms. The van der Waals surface area contributed by atoms with Crippen molar-refractivity contribution >= 4 is 23.1 Å². The molecule has 1 aromatic heterocycles. The molecule has 5 nitrogen and oxygen atoms in total. The van der Waals surface area contributed by atoms with E-state index in [1.54, 1.807) is 10.9 Å². The fourth-order valence-electron chi connectivity index (χ4n) is 1.95. The number of para-hydroxylation sites is 1. The molecule has 0 bridgehead atoms. The van der Waals surface area contributed by atoms with Crippen LogP contribution >= 0.6 is 12.2 Å². The molecule has 1 heterocycles. The van der Waals surface area contributed by atoms with Gasteiger partial charge in [0.25, 0.3) is 5.91 Å². The highest BCUT2D eigenvalue weighted by Gasteiger charge is 2.20. The largest absolute Gasteiger partial charge is 0.392 e. The first-order chi connectivity index (χ1) is 9.99. The Balaban J connectivity index is 2.14. The van der Waals surface area contributed by atoms with Crippen molar-refractivity contribution in [2.45, 2.75) is 19.9 Å². The van der Waals surface area contributed by atoms with E-state index < -0.39 is 0 Å². The van der Waals surface area contributed by atoms with Gasteiger partial charge in [0.15, 0.2) is 0 Å². The van der Waals surface area contributed by atoms with Crippen molar-refractivity contribution in [3.63, 3.8) is 0 Å². The first-order valence-electron chi connectivity index (χ1n) is 6.69. The van der Waals surface area contributed by atoms with Gasteiger partial charge in [-0.2, -0.15) is 5.10 Å². The second-order valence-electron chi connectivity index (χ2n) is 5.11. The van der Waals surface area contributed by atoms with Gasteiger partial charge in [-0.05, 0) is 18.1 Å². The molecular formula is C15H18N4OS. The lowest BCUT2D eigenvalue weighted by atomic mass is 10.0. The van der Waals surface area contributed by atoms with Crippen molar-refractivity contribution in [3.05, 3.63) is 48.3 Å². The summed E-state index contributed by atoms with van der Waals surface area (Å²) in [7, 11) is 0. The molecule has 0 aliphatic heterocycles. The number of amides is 1. The molecule has 0 radical (unpaired) electrons. The quantitative estimate of drug-likeness (QED) is 0.828. The van der Waals surface area contributed by atoms with E-state index in [9.17, 15) is 4.79 Å². The molecule has 0 aliphatic rings. The zero-order chi connectivity index (χ0) is 15.4. The minimum atomic E-state index is -0.326. The molecule has 1 aromatic carbocycles. The topological polar surface area (TPSA) is 72.9 Å². The number of nitrogens with one attached hydrogen (secondary N) is 1. The number of hydrogen-bond donors (Lipinski definition) is 2. The van der Waals surface area contributed by atoms with E-state index in [4.69, 9.17) is 18.0 Å². The molecule has 0 saturated carbocycles. The molecule has 0 aliphatic carbocycles. The highest BCUT2D eigenvalue weighted by molar-refractivity contribution is 7.80. The molecule has 21 heavy (non-hydrogen) atoms. The summed E-state index contributed by atoms with van der Waals surface area (Å²) < 4.78 is 1.65. The van der Waals surface area contributed by atoms with E-state index in [0.717, 1.165) is 5.69 Å². The average Bonchev–Trinajstić information content (AvgIpc) is 2.94. The molecule has 1 unspecified atom stereocenters. The van der Waals surface area contributed by atoms with Gasteiger partial charge in [0.2, 0.25) is 0 Å². The lowest BCUT2D eigenvalue weighted by molar-refractivity contribution is 0.0940. The van der Waals surface area contributed by atoms with E-state index in [1.165, 1.54) is 6.20 Å². The molecule has 2 aromatic rings. The molecule has 110 valence electrons. The predicted octanol–water partition coefficient (Wildman–Crippen LogP) is 1.91. The summed E-state index contributed by atoms with van der Waals surface area (Å²) >= 11 is 4.99. The van der Waals surface area contributed by atoms with Crippen molar-refractivity contribution in [3.8, 4) is 5.69 Å². The normalized spacial score (nSPS) is 12.1. The number of hydrogen-bond acceptors (Lipinski definition) is 3. The zero-order valence-corrected chi connectivity index (χ0v) is 12.8. The van der Waals surface area contributed by atoms with Crippen molar-refractivity contribution < 1.29 is 4.79 Å². The Labute approximate surface area is 129 Å². The Hall–Kier alpha value is -2.21. The summed E-state index contributed by atoms with van der Waals surface area (Å²) in [5, 5.41) is 7.03. The Bertz CT molecular complexity index is 636. The third-order valence-corrected chi connectivity index (χ3v) is 3.38. The maximum atomic E-state index is 12.2. The summed E-state index contributed by atoms with van der Waals surface area (Å²) in [4.78, 5) is 12.5. The summed E-state index contributed by atoms with van der Waals surface area (Å²) in [6, 6.07) is 9.27. The van der Waals surface area contributed by atoms with Crippen molar-refractivity contribution in [1.29, 1.82) is 0 Å². The second-order valence-corrected chi connectivity index (χ2v) is 5.58. The van der Waals surface area contributed by atoms with Crippen LogP contribution in [0.4, 0.5) is 0 Å². The summed E-state index contributed by atoms with van der Waals surface area (Å²) in [6.07, 6.45) is 3.21. The molecular weight excluding hydrogens is 284 g/mol. The van der Waals surface area contributed by atoms with Crippen LogP contribution in [0.1, 0.15) is 24.2 Å². The smallest absolute Gasteiger partial charge is 0.255 e. The molecule has 3 N–H and O–H groups in total. The fourth-order valence-corrected chi connectivity index (χ4v) is 2.28. The van der Waals surface area contributed by atoms with Crippen LogP contribution in [0, 0.1) is 5.92 Å². The first kappa shape index (κ1) is 15.2. The number of nitrogens with zero attached hydrogens (tertiary/aromatic N) is 2. The van der Waals surface area contributed by atoms with Gasteiger partial charge in [0.05, 0.1) is 28.5 Å². The van der Waals surface area contributed by atoms with Gasteiger partial charge in [-0.1, -0.05) is 44.3 Å². The number of carbonyl (C=O) groups is 1. The van der Waals surface area contributed by atoms with Gasteiger partial charge in [0, 0.05) is 6.20 Å². The van der Waals surface area contributed by atoms with Crippen molar-refractivity contribution in [1.82, 2.24) is 15.1 Å². The van der Waals surface area contributed by atoms with Crippen molar-refractivity contribution in [2.75, 3.05) is 0 Å². The number of carbonyl (C=O) groups excluding carboxylic acids is 1. The number of rotatable bonds is 5. The van der Waals surface area contributed by atoms with Gasteiger partial charge in [-0.25, -0.2) is 4.68 Å². The van der Waals surface area contributed by atoms with E-state index >= 15 is 0 Å². The number of benzene rings is 1. The van der Waals surface area contributed by atoms with Crippen LogP contribution in [0.2, 0.25) is 0 Å². The van der Waals surface area contributed by atoms with Crippen LogP contribution in [-0.2, 0) is 0 Å². The summed E-state index contributed by atoms with van der Waals surface area (Å²) in [6.45, 7) is 3.91. The van der Waals surface area contributed by atoms with E-state index in [1.807, 2.05) is 44.2 Å². The maximum absolute atomic E-state index is 12.2. The molecule has 2 rings (SSSR count). The van der Waals surface area contributed by atoms with Gasteiger partial charge in [0.1, 0.15) is 0 Å². The highest BCUT2D eigenvalue weighted by Crippen LogP contribution is 2.09. The molecule has 1 atom stereocenters. The average molecular weight is 302 g/mol. The van der Waals surface area contributed by atoms with Crippen LogP contribution in [-0.4, -0.2) is 26.7 Å². The predicted molar refractivity (Wildman–Crippen MR) is 86.4 cm³/mol. The maximum Gasteiger partial charge on any atom is 0.255 e. The number of aromatic nitrogens is 2. The van der Waals surface area contributed by atoms with E-state index in [2.05, 4.69) is 10.4 Å². The van der Waals surface area contributed by atoms with Gasteiger partial charge < -0.3 is 11.1 Å². The van der Waals surface area contributed by atoms with E-state index in [-0.39, 0.29) is 22.9 Å². The SMILES string of the molecule is CC(C)C(NC(=O)c1cnn(-c2ccccc2)c1)C(N)=S. The Morgan fingerprint density at radius 3 is 2.57 bits per heavy atom. The second kappa shape index (κ2) is 6.49. The number of thiocarbonyl (C=S) groups is 1. The lowest BCUT2D eigenvalue weighted by Crippen LogP contribution is -2.46. The fraction of sp³-hybridized carbons (Fsp3) is 0.267. The Kier molecular flexibility index (Phi) is 4.70. The van der Waals surface area contributed by atoms with Gasteiger partial charge >= 0.3 is 0 Å². The van der Waals surface area contributed by atoms with Crippen LogP contribution in [0.5, 0.6) is 0 Å². The van der Waals surface area contributed by atoms with Crippen molar-refractivity contribution in [2.24, 2.45) is 11.7 Å². The molecule has 1 amide bonds. The minimum absolute atomic E-state index is 0.135. The van der Waals surface area contributed by atoms with Gasteiger partial charge in [-0.15, -0.1) is 0 Å². The number of nitrogens with two attached hydrogens (primary N) is 1. The van der Waals surface area contributed by atoms with Crippen LogP contribution in [0.3, 0.4) is 0 Å². The Morgan fingerprint density at radius 1 is 1.33 bits per heavy atom. The third-order valence-electron chi connectivity index (χ3n) is 3.13. The zero-order valence-electron chi connectivity index (χ0n) is 12.0. The minimum Gasteiger partial charge on any atom is -0.392 e. The summed E-state index contributed by atoms with van der Waals surface area (Å²) in [5.74, 6) is -0.0979. The monoisotopic (exact) mass is 302 g/mol. The van der Waals surface area contributed by atoms with Crippen LogP contribution < -0.4 is 11.1 Å². The molecule has 0 fully saturated rings. The standard InChI is InChI=1S/C15H18N4OS/c1-10(2)13(14(16)21)18-15(20)11-8-17-19(9-11)12-6-4-3-5-7-12/h3-10,13H,1-2H3,(H2,16,21)(H,18,20). The van der Waals surface area contributed by atoms with Gasteiger partial charge in [-0.3, -0.25) is 4.79 Å².